The van der Waals surface area contributed by atoms with Crippen LogP contribution in [0.15, 0.2) is 71.1 Å². The first-order valence-electron chi connectivity index (χ1n) is 11.9. The van der Waals surface area contributed by atoms with Crippen LogP contribution in [0.1, 0.15) is 52.0 Å². The molecule has 0 spiro atoms. The lowest BCUT2D eigenvalue weighted by atomic mass is 9.68. The average Bonchev–Trinajstić information content (AvgIpc) is 3.20. The second-order valence-corrected chi connectivity index (χ2v) is 10.9. The Kier molecular flexibility index (Phi) is 5.97. The van der Waals surface area contributed by atoms with E-state index in [9.17, 15) is 9.59 Å². The quantitative estimate of drug-likeness (QED) is 0.466. The van der Waals surface area contributed by atoms with Crippen LogP contribution in [-0.2, 0) is 9.59 Å². The van der Waals surface area contributed by atoms with Gasteiger partial charge in [0.25, 0.3) is 5.91 Å². The van der Waals surface area contributed by atoms with E-state index in [1.54, 1.807) is 0 Å². The van der Waals surface area contributed by atoms with E-state index in [1.165, 1.54) is 11.3 Å². The van der Waals surface area contributed by atoms with Crippen molar-refractivity contribution in [2.75, 3.05) is 11.9 Å². The summed E-state index contributed by atoms with van der Waals surface area (Å²) in [6.07, 6.45) is 1.21. The van der Waals surface area contributed by atoms with Crippen LogP contribution in [0.5, 0.6) is 5.75 Å². The van der Waals surface area contributed by atoms with Gasteiger partial charge in [0.15, 0.2) is 10.9 Å². The number of rotatable bonds is 5. The van der Waals surface area contributed by atoms with E-state index in [4.69, 9.17) is 4.74 Å². The first-order chi connectivity index (χ1) is 16.8. The summed E-state index contributed by atoms with van der Waals surface area (Å²) in [6.45, 7) is 8.64. The Morgan fingerprint density at radius 1 is 1.17 bits per heavy atom. The number of para-hydroxylation sites is 1. The maximum absolute atomic E-state index is 13.7. The first-order valence-corrected chi connectivity index (χ1v) is 12.7. The van der Waals surface area contributed by atoms with Crippen molar-refractivity contribution in [3.8, 4) is 5.75 Å². The molecule has 3 aromatic rings. The van der Waals surface area contributed by atoms with E-state index in [0.717, 1.165) is 39.3 Å². The molecule has 1 aromatic heterocycles. The number of carbonyl (C=O) groups is 2. The molecule has 1 amide bonds. The van der Waals surface area contributed by atoms with Crippen molar-refractivity contribution < 1.29 is 14.3 Å². The van der Waals surface area contributed by atoms with Gasteiger partial charge in [-0.25, -0.2) is 4.98 Å². The zero-order valence-corrected chi connectivity index (χ0v) is 21.2. The van der Waals surface area contributed by atoms with Crippen LogP contribution in [0.2, 0.25) is 0 Å². The number of hydrogen-bond acceptors (Lipinski definition) is 6. The highest BCUT2D eigenvalue weighted by atomic mass is 32.1. The summed E-state index contributed by atoms with van der Waals surface area (Å²) in [4.78, 5) is 31.7. The Bertz CT molecular complexity index is 1350. The lowest BCUT2D eigenvalue weighted by Gasteiger charge is -2.39. The summed E-state index contributed by atoms with van der Waals surface area (Å²) < 4.78 is 6.62. The summed E-state index contributed by atoms with van der Waals surface area (Å²) in [5.74, 6) is 0.133. The van der Waals surface area contributed by atoms with Crippen molar-refractivity contribution in [1.82, 2.24) is 10.3 Å². The highest BCUT2D eigenvalue weighted by Crippen LogP contribution is 2.47. The van der Waals surface area contributed by atoms with Crippen molar-refractivity contribution in [3.63, 3.8) is 0 Å². The largest absolute Gasteiger partial charge is 0.494 e. The molecule has 1 aliphatic carbocycles. The topological polar surface area (TPSA) is 80.3 Å². The fourth-order valence-electron chi connectivity index (χ4n) is 5.08. The summed E-state index contributed by atoms with van der Waals surface area (Å²) in [5, 5.41) is 6.96. The third-order valence-electron chi connectivity index (χ3n) is 6.52. The lowest BCUT2D eigenvalue weighted by molar-refractivity contribution is -0.118. The minimum atomic E-state index is -0.458. The van der Waals surface area contributed by atoms with E-state index < -0.39 is 5.92 Å². The average molecular weight is 488 g/mol. The molecule has 0 saturated heterocycles. The second kappa shape index (κ2) is 8.96. The van der Waals surface area contributed by atoms with Gasteiger partial charge < -0.3 is 10.1 Å². The van der Waals surface area contributed by atoms with Crippen LogP contribution in [0, 0.1) is 5.41 Å². The predicted octanol–water partition coefficient (Wildman–Crippen LogP) is 5.94. The molecule has 180 valence electrons. The van der Waals surface area contributed by atoms with Gasteiger partial charge in [-0.15, -0.1) is 0 Å². The van der Waals surface area contributed by atoms with Gasteiger partial charge in [0.2, 0.25) is 0 Å². The maximum atomic E-state index is 13.7. The summed E-state index contributed by atoms with van der Waals surface area (Å²) >= 11 is 1.44. The van der Waals surface area contributed by atoms with E-state index in [1.807, 2.05) is 62.4 Å². The fraction of sp³-hybridized carbons (Fsp3) is 0.321. The molecule has 7 heteroatoms. The Labute approximate surface area is 209 Å². The van der Waals surface area contributed by atoms with Gasteiger partial charge in [0, 0.05) is 34.9 Å². The second-order valence-electron chi connectivity index (χ2n) is 9.87. The maximum Gasteiger partial charge on any atom is 0.256 e. The third kappa shape index (κ3) is 4.48. The van der Waals surface area contributed by atoms with Gasteiger partial charge in [-0.2, -0.15) is 0 Å². The number of nitrogens with zero attached hydrogens (tertiary/aromatic N) is 1. The van der Waals surface area contributed by atoms with E-state index >= 15 is 0 Å². The van der Waals surface area contributed by atoms with Crippen LogP contribution in [-0.4, -0.2) is 23.3 Å². The fourth-order valence-corrected chi connectivity index (χ4v) is 5.94. The number of dihydropyridines is 1. The number of ether oxygens (including phenoxy) is 1. The molecule has 2 N–H and O–H groups in total. The summed E-state index contributed by atoms with van der Waals surface area (Å²) in [5.41, 5.74) is 4.51. The van der Waals surface area contributed by atoms with Crippen molar-refractivity contribution >= 4 is 38.4 Å². The molecule has 2 heterocycles. The molecule has 0 radical (unpaired) electrons. The SMILES string of the molecule is CCOc1ccc(C2C(C(=O)Nc3nc4ccccc4s3)=C(C)NC3=C2C(=O)CC(C)(C)C3)cc1. The van der Waals surface area contributed by atoms with Crippen molar-refractivity contribution in [2.45, 2.75) is 46.5 Å². The van der Waals surface area contributed by atoms with Gasteiger partial charge in [0.05, 0.1) is 16.8 Å². The van der Waals surface area contributed by atoms with Gasteiger partial charge >= 0.3 is 0 Å². The number of allylic oxidation sites excluding steroid dienone is 3. The smallest absolute Gasteiger partial charge is 0.256 e. The molecule has 0 bridgehead atoms. The van der Waals surface area contributed by atoms with E-state index in [0.29, 0.717) is 29.3 Å². The van der Waals surface area contributed by atoms with Crippen LogP contribution in [0.3, 0.4) is 0 Å². The number of amides is 1. The third-order valence-corrected chi connectivity index (χ3v) is 7.47. The number of carbonyl (C=O) groups excluding carboxylic acids is 2. The number of hydrogen-bond donors (Lipinski definition) is 2. The van der Waals surface area contributed by atoms with Crippen molar-refractivity contribution in [3.05, 3.63) is 76.6 Å². The monoisotopic (exact) mass is 487 g/mol. The normalized spacial score (nSPS) is 19.4. The van der Waals surface area contributed by atoms with E-state index in [2.05, 4.69) is 29.5 Å². The zero-order valence-electron chi connectivity index (χ0n) is 20.4. The number of anilines is 1. The van der Waals surface area contributed by atoms with Gasteiger partial charge in [-0.05, 0) is 55.5 Å². The minimum absolute atomic E-state index is 0.0837. The molecule has 0 saturated carbocycles. The molecular formula is C28H29N3O3S. The molecule has 5 rings (SSSR count). The number of ketones is 1. The highest BCUT2D eigenvalue weighted by Gasteiger charge is 2.42. The highest BCUT2D eigenvalue weighted by molar-refractivity contribution is 7.22. The first kappa shape index (κ1) is 23.3. The molecule has 1 atom stereocenters. The number of aromatic nitrogens is 1. The summed E-state index contributed by atoms with van der Waals surface area (Å²) in [7, 11) is 0. The standard InChI is InChI=1S/C28H29N3O3S/c1-5-34-18-12-10-17(11-13-18)24-23(16(2)29-20-14-28(3,4)15-21(32)25(20)24)26(33)31-27-30-19-8-6-7-9-22(19)35-27/h6-13,24,29H,5,14-15H2,1-4H3,(H,30,31,33). The Morgan fingerprint density at radius 2 is 1.91 bits per heavy atom. The molecule has 1 aliphatic heterocycles. The molecule has 2 aliphatic rings. The molecule has 2 aromatic carbocycles. The zero-order chi connectivity index (χ0) is 24.7. The van der Waals surface area contributed by atoms with Crippen LogP contribution < -0.4 is 15.4 Å². The molecule has 1 unspecified atom stereocenters. The summed E-state index contributed by atoms with van der Waals surface area (Å²) in [6, 6.07) is 15.5. The molecular weight excluding hydrogens is 458 g/mol. The number of thiazole rings is 1. The molecule has 6 nitrogen and oxygen atoms in total. The van der Waals surface area contributed by atoms with Crippen LogP contribution in [0.25, 0.3) is 10.2 Å². The van der Waals surface area contributed by atoms with Gasteiger partial charge in [-0.3, -0.25) is 14.9 Å². The Balaban J connectivity index is 1.56. The van der Waals surface area contributed by atoms with Crippen molar-refractivity contribution in [2.24, 2.45) is 5.41 Å². The minimum Gasteiger partial charge on any atom is -0.494 e. The predicted molar refractivity (Wildman–Crippen MR) is 139 cm³/mol. The lowest BCUT2D eigenvalue weighted by Crippen LogP contribution is -2.39. The van der Waals surface area contributed by atoms with Crippen molar-refractivity contribution in [1.29, 1.82) is 0 Å². The van der Waals surface area contributed by atoms with Gasteiger partial charge in [-0.1, -0.05) is 49.4 Å². The molecule has 0 fully saturated rings. The number of benzene rings is 2. The number of nitrogens with one attached hydrogen (secondary N) is 2. The Hall–Kier alpha value is -3.45. The van der Waals surface area contributed by atoms with Crippen LogP contribution >= 0.6 is 11.3 Å². The number of Topliss-reactive ketones (excluding diaryl/α,β-unsaturated/α-hetero) is 1. The van der Waals surface area contributed by atoms with E-state index in [-0.39, 0.29) is 17.1 Å². The van der Waals surface area contributed by atoms with Crippen LogP contribution in [0.4, 0.5) is 5.13 Å². The number of fused-ring (bicyclic) bond motifs is 1. The molecule has 35 heavy (non-hydrogen) atoms. The Morgan fingerprint density at radius 3 is 2.63 bits per heavy atom. The van der Waals surface area contributed by atoms with Gasteiger partial charge in [0.1, 0.15) is 5.75 Å².